The molecule has 1 atom stereocenters. The molecule has 64 valence electrons. The maximum Gasteiger partial charge on any atom is 0.0203 e. The van der Waals surface area contributed by atoms with Crippen molar-refractivity contribution in [2.24, 2.45) is 5.92 Å². The van der Waals surface area contributed by atoms with Crippen molar-refractivity contribution < 1.29 is 8.76 Å². The topological polar surface area (TPSA) is 43.4 Å². The Bertz CT molecular complexity index is 91.0. The lowest BCUT2D eigenvalue weighted by Crippen LogP contribution is -2.13. The summed E-state index contributed by atoms with van der Waals surface area (Å²) < 4.78 is 20.3. The van der Waals surface area contributed by atoms with Crippen molar-refractivity contribution in [1.29, 1.82) is 0 Å². The summed E-state index contributed by atoms with van der Waals surface area (Å²) in [6.07, 6.45) is 0. The number of hydrogen-bond acceptors (Lipinski definition) is 2. The molecule has 0 spiro atoms. The van der Waals surface area contributed by atoms with E-state index in [0.29, 0.717) is 0 Å². The molecule has 10 heavy (non-hydrogen) atoms. The van der Waals surface area contributed by atoms with Gasteiger partial charge in [-0.25, -0.2) is 4.31 Å². The zero-order chi connectivity index (χ0) is 8.73. The van der Waals surface area contributed by atoms with Gasteiger partial charge >= 0.3 is 0 Å². The Labute approximate surface area is 65.8 Å². The fourth-order valence-corrected chi connectivity index (χ4v) is 0. The van der Waals surface area contributed by atoms with Crippen LogP contribution in [-0.4, -0.2) is 27.2 Å². The van der Waals surface area contributed by atoms with E-state index in [1.807, 2.05) is 0 Å². The summed E-state index contributed by atoms with van der Waals surface area (Å²) in [6.45, 7) is 6.50. The molecule has 4 heteroatoms. The van der Waals surface area contributed by atoms with Crippen molar-refractivity contribution in [2.75, 3.05) is 14.1 Å². The molecule has 0 heterocycles. The predicted molar refractivity (Wildman–Crippen MR) is 43.1 cm³/mol. The minimum Gasteiger partial charge on any atom is -0.760 e. The Morgan fingerprint density at radius 3 is 1.40 bits per heavy atom. The summed E-state index contributed by atoms with van der Waals surface area (Å²) in [7, 11) is 2.92. The second kappa shape index (κ2) is 7.18. The first kappa shape index (κ1) is 12.7. The van der Waals surface area contributed by atoms with Crippen molar-refractivity contribution in [1.82, 2.24) is 4.31 Å². The van der Waals surface area contributed by atoms with Gasteiger partial charge in [0.15, 0.2) is 0 Å². The largest absolute Gasteiger partial charge is 0.760 e. The van der Waals surface area contributed by atoms with Gasteiger partial charge in [-0.1, -0.05) is 20.8 Å². The SMILES string of the molecule is CC(C)C.CN(C)S(=O)[O-]. The summed E-state index contributed by atoms with van der Waals surface area (Å²) >= 11 is -2.03. The van der Waals surface area contributed by atoms with E-state index in [1.54, 1.807) is 0 Å². The third kappa shape index (κ3) is 24.4. The lowest BCUT2D eigenvalue weighted by Gasteiger charge is -2.10. The van der Waals surface area contributed by atoms with Crippen LogP contribution in [0.1, 0.15) is 20.8 Å². The Kier molecular flexibility index (Phi) is 9.13. The minimum absolute atomic E-state index is 0.833. The fraction of sp³-hybridized carbons (Fsp3) is 1.00. The van der Waals surface area contributed by atoms with Crippen molar-refractivity contribution in [2.45, 2.75) is 20.8 Å². The van der Waals surface area contributed by atoms with Crippen LogP contribution in [0.2, 0.25) is 0 Å². The first-order valence-electron chi connectivity index (χ1n) is 3.14. The maximum atomic E-state index is 9.62. The van der Waals surface area contributed by atoms with Crippen LogP contribution < -0.4 is 0 Å². The quantitative estimate of drug-likeness (QED) is 0.545. The highest BCUT2D eigenvalue weighted by atomic mass is 32.2. The van der Waals surface area contributed by atoms with E-state index in [2.05, 4.69) is 20.8 Å². The first-order chi connectivity index (χ1) is 4.37. The standard InChI is InChI=1S/C4H10.C2H7NO2S/c1-4(2)3;1-3(2)6(4)5/h4H,1-3H3;1-2H3,(H,4,5)/p-1. The summed E-state index contributed by atoms with van der Waals surface area (Å²) in [6, 6.07) is 0. The van der Waals surface area contributed by atoms with Gasteiger partial charge in [0.25, 0.3) is 0 Å². The summed E-state index contributed by atoms with van der Waals surface area (Å²) in [4.78, 5) is 0. The normalized spacial score (nSPS) is 12.8. The molecular formula is C6H16NO2S-. The van der Waals surface area contributed by atoms with Crippen molar-refractivity contribution in [3.63, 3.8) is 0 Å². The smallest absolute Gasteiger partial charge is 0.0203 e. The Balaban J connectivity index is 0. The molecular weight excluding hydrogens is 150 g/mol. The third-order valence-electron chi connectivity index (χ3n) is 0.298. The van der Waals surface area contributed by atoms with Gasteiger partial charge in [0.2, 0.25) is 0 Å². The van der Waals surface area contributed by atoms with E-state index in [4.69, 9.17) is 0 Å². The van der Waals surface area contributed by atoms with E-state index < -0.39 is 11.3 Å². The van der Waals surface area contributed by atoms with Crippen LogP contribution >= 0.6 is 0 Å². The van der Waals surface area contributed by atoms with Crippen LogP contribution in [0.15, 0.2) is 0 Å². The van der Waals surface area contributed by atoms with E-state index in [0.717, 1.165) is 10.2 Å². The van der Waals surface area contributed by atoms with Crippen LogP contribution in [0, 0.1) is 5.92 Å². The molecule has 0 radical (unpaired) electrons. The molecule has 1 unspecified atom stereocenters. The molecule has 0 aromatic carbocycles. The van der Waals surface area contributed by atoms with Gasteiger partial charge in [-0.3, -0.25) is 4.21 Å². The molecule has 0 aliphatic carbocycles. The fourth-order valence-electron chi connectivity index (χ4n) is 0. The zero-order valence-corrected chi connectivity index (χ0v) is 8.07. The molecule has 0 N–H and O–H groups in total. The lowest BCUT2D eigenvalue weighted by molar-refractivity contribution is 0.470. The highest BCUT2D eigenvalue weighted by Crippen LogP contribution is 1.81. The second-order valence-corrected chi connectivity index (χ2v) is 3.93. The van der Waals surface area contributed by atoms with Crippen LogP contribution in [-0.2, 0) is 11.3 Å². The molecule has 3 nitrogen and oxygen atoms in total. The maximum absolute atomic E-state index is 9.62. The number of hydrogen-bond donors (Lipinski definition) is 0. The first-order valence-corrected chi connectivity index (χ1v) is 4.17. The van der Waals surface area contributed by atoms with Gasteiger partial charge in [0, 0.05) is 11.3 Å². The van der Waals surface area contributed by atoms with Gasteiger partial charge in [0.05, 0.1) is 0 Å². The molecule has 0 aromatic heterocycles. The summed E-state index contributed by atoms with van der Waals surface area (Å²) in [5.41, 5.74) is 0. The minimum atomic E-state index is -2.03. The lowest BCUT2D eigenvalue weighted by atomic mass is 10.3. The average molecular weight is 166 g/mol. The molecule has 0 rings (SSSR count). The zero-order valence-electron chi connectivity index (χ0n) is 7.25. The van der Waals surface area contributed by atoms with Gasteiger partial charge in [0.1, 0.15) is 0 Å². The third-order valence-corrected chi connectivity index (χ3v) is 0.894. The molecule has 0 saturated heterocycles. The van der Waals surface area contributed by atoms with Crippen molar-refractivity contribution >= 4 is 11.3 Å². The van der Waals surface area contributed by atoms with E-state index >= 15 is 0 Å². The summed E-state index contributed by atoms with van der Waals surface area (Å²) in [5.74, 6) is 0.833. The monoisotopic (exact) mass is 166 g/mol. The predicted octanol–water partition coefficient (Wildman–Crippen LogP) is 1.00. The van der Waals surface area contributed by atoms with Crippen LogP contribution in [0.25, 0.3) is 0 Å². The van der Waals surface area contributed by atoms with E-state index in [9.17, 15) is 8.76 Å². The van der Waals surface area contributed by atoms with Gasteiger partial charge < -0.3 is 4.55 Å². The van der Waals surface area contributed by atoms with Crippen LogP contribution in [0.5, 0.6) is 0 Å². The molecule has 0 fully saturated rings. The van der Waals surface area contributed by atoms with Crippen molar-refractivity contribution in [3.8, 4) is 0 Å². The van der Waals surface area contributed by atoms with Gasteiger partial charge in [-0.2, -0.15) is 0 Å². The summed E-state index contributed by atoms with van der Waals surface area (Å²) in [5, 5.41) is 0. The highest BCUT2D eigenvalue weighted by Gasteiger charge is 1.78. The van der Waals surface area contributed by atoms with Crippen LogP contribution in [0.4, 0.5) is 0 Å². The molecule has 0 aliphatic rings. The Hall–Kier alpha value is 0.0700. The van der Waals surface area contributed by atoms with E-state index in [-0.39, 0.29) is 0 Å². The molecule has 0 bridgehead atoms. The number of rotatable bonds is 1. The Morgan fingerprint density at radius 1 is 1.30 bits per heavy atom. The highest BCUT2D eigenvalue weighted by molar-refractivity contribution is 7.76. The van der Waals surface area contributed by atoms with E-state index in [1.165, 1.54) is 14.1 Å². The molecule has 0 saturated carbocycles. The average Bonchev–Trinajstić information content (AvgIpc) is 1.63. The van der Waals surface area contributed by atoms with Gasteiger partial charge in [-0.15, -0.1) is 0 Å². The Morgan fingerprint density at radius 2 is 1.40 bits per heavy atom. The van der Waals surface area contributed by atoms with Crippen molar-refractivity contribution in [3.05, 3.63) is 0 Å². The molecule has 0 aromatic rings. The van der Waals surface area contributed by atoms with Gasteiger partial charge in [-0.05, 0) is 20.0 Å². The molecule has 0 aliphatic heterocycles. The molecule has 0 amide bonds. The number of nitrogens with zero attached hydrogens (tertiary/aromatic N) is 1. The van der Waals surface area contributed by atoms with Crippen LogP contribution in [0.3, 0.4) is 0 Å². The second-order valence-electron chi connectivity index (χ2n) is 2.76.